The van der Waals surface area contributed by atoms with E-state index < -0.39 is 193 Å². The Labute approximate surface area is 570 Å². The number of rotatable bonds is 40. The van der Waals surface area contributed by atoms with Gasteiger partial charge < -0.3 is 53.8 Å². The smallest absolute Gasteiger partial charge is 0.335 e. The van der Waals surface area contributed by atoms with Crippen LogP contribution in [0.3, 0.4) is 0 Å². The molecule has 0 bridgehead atoms. The van der Waals surface area contributed by atoms with Crippen LogP contribution < -0.4 is 93.7 Å². The molecular weight excluding hydrogens is 1350 g/mol. The summed E-state index contributed by atoms with van der Waals surface area (Å²) in [5, 5.41) is 26.0. The number of hydrogen-bond donors (Lipinski definition) is 15. The van der Waals surface area contributed by atoms with Gasteiger partial charge in [0.15, 0.2) is 0 Å². The Hall–Kier alpha value is -10.7. The monoisotopic (exact) mass is 1430 g/mol. The van der Waals surface area contributed by atoms with Crippen molar-refractivity contribution in [3.63, 3.8) is 0 Å². The van der Waals surface area contributed by atoms with E-state index in [1.54, 1.807) is 0 Å². The summed E-state index contributed by atoms with van der Waals surface area (Å²) in [7, 11) is 0. The molecule has 43 heteroatoms. The highest BCUT2D eigenvalue weighted by Crippen LogP contribution is 2.01. The van der Waals surface area contributed by atoms with Crippen LogP contribution in [0, 0.1) is 27.7 Å². The summed E-state index contributed by atoms with van der Waals surface area (Å²) in [5.41, 5.74) is 3.92. The van der Waals surface area contributed by atoms with Gasteiger partial charge in [0, 0.05) is 105 Å². The van der Waals surface area contributed by atoms with Crippen molar-refractivity contribution < 1.29 is 62.6 Å². The van der Waals surface area contributed by atoms with Gasteiger partial charge in [-0.15, -0.1) is 0 Å². The van der Waals surface area contributed by atoms with E-state index in [-0.39, 0.29) is 80.4 Å². The molecule has 4 rings (SSSR count). The van der Waals surface area contributed by atoms with Crippen LogP contribution in [-0.2, 0) is 38.4 Å². The number of aliphatic carboxylic acids is 1. The van der Waals surface area contributed by atoms with Gasteiger partial charge in [-0.05, 0) is 47.1 Å². The number of nitrogens with two attached hydrogens (primary N) is 2. The van der Waals surface area contributed by atoms with Crippen LogP contribution in [0.25, 0.3) is 0 Å². The van der Waals surface area contributed by atoms with Crippen molar-refractivity contribution in [3.8, 4) is 0 Å². The van der Waals surface area contributed by atoms with Gasteiger partial charge in [0.2, 0.25) is 65.0 Å². The first-order valence-electron chi connectivity index (χ1n) is 30.7. The molecule has 4 heterocycles. The van der Waals surface area contributed by atoms with E-state index in [4.69, 9.17) is 16.6 Å². The van der Waals surface area contributed by atoms with E-state index >= 15 is 0 Å². The van der Waals surface area contributed by atoms with Crippen molar-refractivity contribution in [2.75, 3.05) is 130 Å². The predicted molar refractivity (Wildman–Crippen MR) is 355 cm³/mol. The first-order chi connectivity index (χ1) is 47.2. The zero-order chi connectivity index (χ0) is 74.5. The van der Waals surface area contributed by atoms with Crippen LogP contribution in [0.2, 0.25) is 0 Å². The zero-order valence-electron chi connectivity index (χ0n) is 55.0. The minimum Gasteiger partial charge on any atom is -0.480 e. The van der Waals surface area contributed by atoms with Crippen molar-refractivity contribution in [2.24, 2.45) is 11.5 Å². The maximum Gasteiger partial charge on any atom is 0.335 e. The highest BCUT2D eigenvalue weighted by molar-refractivity contribution is 7.80. The number of nitrogens with zero attached hydrogens (tertiary/aromatic N) is 8. The van der Waals surface area contributed by atoms with Crippen LogP contribution in [0.4, 0.5) is 0 Å². The summed E-state index contributed by atoms with van der Waals surface area (Å²) in [6, 6.07) is -2.26. The Morgan fingerprint density at radius 2 is 0.730 bits per heavy atom. The number of unbranched alkanes of at least 4 members (excludes halogenated alkanes) is 1. The molecular formula is C57H81N21O21S. The summed E-state index contributed by atoms with van der Waals surface area (Å²) in [6.45, 7) is -3.41. The third-order valence-corrected chi connectivity index (χ3v) is 14.8. The number of amides is 7. The number of aromatic amines is 4. The lowest BCUT2D eigenvalue weighted by atomic mass is 10.1. The summed E-state index contributed by atoms with van der Waals surface area (Å²) in [6.07, 6.45) is 5.42. The molecule has 16 N–H and O–H groups in total. The fourth-order valence-electron chi connectivity index (χ4n) is 8.99. The maximum atomic E-state index is 13.8. The van der Waals surface area contributed by atoms with Gasteiger partial charge in [0.25, 0.3) is 22.2 Å². The van der Waals surface area contributed by atoms with Gasteiger partial charge in [-0.1, -0.05) is 6.42 Å². The van der Waals surface area contributed by atoms with Gasteiger partial charge in [-0.3, -0.25) is 111 Å². The molecule has 546 valence electrons. The lowest BCUT2D eigenvalue weighted by Crippen LogP contribution is -2.50. The van der Waals surface area contributed by atoms with Crippen molar-refractivity contribution in [2.45, 2.75) is 59.0 Å². The van der Waals surface area contributed by atoms with E-state index in [0.717, 1.165) is 34.6 Å². The number of hydrogen-bond acceptors (Lipinski definition) is 27. The average molecular weight is 1430 g/mol. The number of carboxylic acid groups (broad SMARTS) is 1. The van der Waals surface area contributed by atoms with Crippen molar-refractivity contribution in [1.29, 1.82) is 0 Å². The minimum absolute atomic E-state index is 0.0234. The number of H-pyrrole nitrogens is 4. The molecule has 0 saturated carbocycles. The molecule has 42 nitrogen and oxygen atoms in total. The largest absolute Gasteiger partial charge is 0.480 e. The highest BCUT2D eigenvalue weighted by atomic mass is 32.1. The van der Waals surface area contributed by atoms with Crippen molar-refractivity contribution >= 4 is 83.6 Å². The third kappa shape index (κ3) is 27.3. The summed E-state index contributed by atoms with van der Waals surface area (Å²) in [4.78, 5) is 269. The number of thiol groups is 1. The minimum atomic E-state index is -1.38. The van der Waals surface area contributed by atoms with Crippen LogP contribution in [0.5, 0.6) is 0 Å². The van der Waals surface area contributed by atoms with Gasteiger partial charge in [-0.25, -0.2) is 42.2 Å². The molecule has 0 saturated heterocycles. The van der Waals surface area contributed by atoms with Crippen LogP contribution in [-0.4, -0.2) is 276 Å². The number of carboxylic acids is 1. The first kappa shape index (κ1) is 81.7. The van der Waals surface area contributed by atoms with E-state index in [0.29, 0.717) is 44.1 Å². The van der Waals surface area contributed by atoms with Crippen LogP contribution in [0.15, 0.2) is 63.1 Å². The van der Waals surface area contributed by atoms with E-state index in [1.807, 2.05) is 19.9 Å². The van der Waals surface area contributed by atoms with Gasteiger partial charge >= 0.3 is 28.7 Å². The molecule has 0 unspecified atom stereocenters. The van der Waals surface area contributed by atoms with E-state index in [1.165, 1.54) is 37.5 Å². The van der Waals surface area contributed by atoms with Crippen LogP contribution in [0.1, 0.15) is 60.7 Å². The second-order valence-electron chi connectivity index (χ2n) is 22.6. The Bertz CT molecular complexity index is 4190. The van der Waals surface area contributed by atoms with Crippen molar-refractivity contribution in [3.05, 3.63) is 130 Å². The molecule has 0 spiro atoms. The molecule has 4 aromatic rings. The standard InChI is InChI=1S/C57H81N21O21S/c1-32-19-75(54(96)67-48(32)89)44(85)27-71(24-41(82)62-11-15-73(29-46(87)77-21-34(3)50(91)69-56(77)98)26-43(84)65-17-38(79)64-18-39(80)66-37(31-100)53(94)95)13-9-60-40(81)23-72(28-45(86)76-20-33(2)49(90)68-55(76)97)14-10-61-42(83)25-74(16-12-63-52(93)36(59)7-5-6-8-58)30-47(88)78-22-35(4)51(92)70-57(78)99/h19-22,36-37,100H,5-18,23-31,58-59H2,1-4H3,(H,60,81)(H,61,83)(H,62,82)(H,63,93)(H,64,79)(H,65,84)(H,66,80)(H,94,95)(H,67,89,96)(H,68,90,97)(H,69,91,98)(H,70,92,99)/t36-,37-/m0/s1. The molecule has 0 aliphatic carbocycles. The highest BCUT2D eigenvalue weighted by Gasteiger charge is 2.25. The van der Waals surface area contributed by atoms with Gasteiger partial charge in [0.1, 0.15) is 6.04 Å². The Morgan fingerprint density at radius 1 is 0.440 bits per heavy atom. The molecule has 0 radical (unpaired) electrons. The second kappa shape index (κ2) is 40.2. The Kier molecular flexibility index (Phi) is 32.9. The lowest BCUT2D eigenvalue weighted by molar-refractivity contribution is -0.141. The summed E-state index contributed by atoms with van der Waals surface area (Å²) >= 11 is 3.84. The molecule has 0 aliphatic heterocycles. The maximum absolute atomic E-state index is 13.8. The number of nitrogens with one attached hydrogen (secondary N) is 11. The molecule has 4 aromatic heterocycles. The zero-order valence-corrected chi connectivity index (χ0v) is 55.9. The fourth-order valence-corrected chi connectivity index (χ4v) is 9.24. The lowest BCUT2D eigenvalue weighted by Gasteiger charge is -2.24. The van der Waals surface area contributed by atoms with E-state index in [2.05, 4.69) is 49.8 Å². The first-order valence-corrected chi connectivity index (χ1v) is 31.4. The summed E-state index contributed by atoms with van der Waals surface area (Å²) in [5.74, 6) is -11.0. The molecule has 2 atom stereocenters. The van der Waals surface area contributed by atoms with Gasteiger partial charge in [0.05, 0.1) is 71.5 Å². The number of carbonyl (C=O) groups excluding carboxylic acids is 11. The SMILES string of the molecule is Cc1cn(C(=O)CN(CCNC(=O)CN(CCNC(=O)[C@@H](N)CCCCN)CC(=O)n2cc(C)c(=O)[nH]c2=O)CC(=O)NCCN(CC(=O)NCCN(CC(=O)NCC(=O)NCC(=O)N[C@@H](CS)C(=O)O)CC(=O)n2cc(C)c(=O)[nH]c2=O)CC(=O)n2cc(C)c(=O)[nH]c2=O)c(=O)[nH]c1=O. The van der Waals surface area contributed by atoms with Crippen LogP contribution >= 0.6 is 12.6 Å². The second-order valence-corrected chi connectivity index (χ2v) is 23.0. The topological polar surface area (TPSA) is 594 Å². The predicted octanol–water partition coefficient (Wildman–Crippen LogP) is -11.2. The quantitative estimate of drug-likeness (QED) is 0.0145. The van der Waals surface area contributed by atoms with Crippen molar-refractivity contribution in [1.82, 2.24) is 95.0 Å². The number of carbonyl (C=O) groups is 12. The average Bonchev–Trinajstić information content (AvgIpc) is 0.854. The summed E-state index contributed by atoms with van der Waals surface area (Å²) < 4.78 is 2.36. The Balaban J connectivity index is 1.51. The molecule has 7 amide bonds. The molecule has 100 heavy (non-hydrogen) atoms. The third-order valence-electron chi connectivity index (χ3n) is 14.5. The Morgan fingerprint density at radius 3 is 1.03 bits per heavy atom. The fraction of sp³-hybridized carbons (Fsp3) is 0.509. The molecule has 0 aliphatic rings. The molecule has 0 fully saturated rings. The van der Waals surface area contributed by atoms with E-state index in [9.17, 15) is 95.9 Å². The number of aryl methyl sites for hydroxylation is 4. The van der Waals surface area contributed by atoms with Gasteiger partial charge in [-0.2, -0.15) is 12.6 Å². The number of aromatic nitrogens is 8. The normalized spacial score (nSPS) is 11.8. The molecule has 0 aromatic carbocycles.